The Morgan fingerprint density at radius 2 is 1.64 bits per heavy atom. The van der Waals surface area contributed by atoms with Gasteiger partial charge in [0.1, 0.15) is 24.0 Å². The third-order valence-electron chi connectivity index (χ3n) is 5.50. The zero-order valence-corrected chi connectivity index (χ0v) is 22.4. The summed E-state index contributed by atoms with van der Waals surface area (Å²) in [6.07, 6.45) is 1.48. The van der Waals surface area contributed by atoms with Gasteiger partial charge in [-0.1, -0.05) is 54.6 Å². The van der Waals surface area contributed by atoms with E-state index in [0.29, 0.717) is 38.1 Å². The molecule has 0 radical (unpaired) electrons. The number of rotatable bonds is 7. The summed E-state index contributed by atoms with van der Waals surface area (Å²) in [6.45, 7) is 1.79. The summed E-state index contributed by atoms with van der Waals surface area (Å²) >= 11 is 7.09. The smallest absolute Gasteiger partial charge is 0.266 e. The van der Waals surface area contributed by atoms with E-state index >= 15 is 0 Å². The largest absolute Gasteiger partial charge is 0.487 e. The van der Waals surface area contributed by atoms with E-state index in [9.17, 15) is 14.9 Å². The number of halogens is 2. The van der Waals surface area contributed by atoms with Crippen LogP contribution in [0.4, 0.5) is 5.69 Å². The first-order chi connectivity index (χ1) is 17.4. The number of Topliss-reactive ketones (excluding diaryl/α,β-unsaturated/α-hetero) is 1. The minimum atomic E-state index is -0.602. The van der Waals surface area contributed by atoms with Gasteiger partial charge in [-0.15, -0.1) is 0 Å². The molecular formula is C29H20Br2N2O3. The van der Waals surface area contributed by atoms with Crippen LogP contribution in [0.3, 0.4) is 0 Å². The number of hydrogen-bond acceptors (Lipinski definition) is 4. The maximum atomic E-state index is 12.8. The van der Waals surface area contributed by atoms with Gasteiger partial charge >= 0.3 is 0 Å². The highest BCUT2D eigenvalue weighted by atomic mass is 79.9. The van der Waals surface area contributed by atoms with Crippen LogP contribution >= 0.6 is 31.9 Å². The van der Waals surface area contributed by atoms with E-state index < -0.39 is 5.91 Å². The first kappa shape index (κ1) is 25.4. The lowest BCUT2D eigenvalue weighted by atomic mass is 10.1. The Hall–Kier alpha value is -3.73. The van der Waals surface area contributed by atoms with Gasteiger partial charge in [0.2, 0.25) is 0 Å². The molecule has 0 bridgehead atoms. The molecule has 0 saturated carbocycles. The third-order valence-corrected chi connectivity index (χ3v) is 6.68. The Kier molecular flexibility index (Phi) is 7.99. The van der Waals surface area contributed by atoms with Gasteiger partial charge < -0.3 is 10.1 Å². The maximum absolute atomic E-state index is 12.8. The van der Waals surface area contributed by atoms with Gasteiger partial charge in [0.05, 0.1) is 14.6 Å². The van der Waals surface area contributed by atoms with Gasteiger partial charge in [-0.05, 0) is 91.0 Å². The SMILES string of the molecule is CC(=O)c1ccccc1NC(=O)/C(C#N)=C\c1cc(Br)c(OCc2cccc3ccccc23)c(Br)c1. The molecule has 36 heavy (non-hydrogen) atoms. The van der Waals surface area contributed by atoms with E-state index in [4.69, 9.17) is 4.74 Å². The minimum Gasteiger partial charge on any atom is -0.487 e. The van der Waals surface area contributed by atoms with Crippen molar-refractivity contribution in [3.8, 4) is 11.8 Å². The molecule has 0 heterocycles. The Balaban J connectivity index is 1.55. The fraction of sp³-hybridized carbons (Fsp3) is 0.0690. The van der Waals surface area contributed by atoms with E-state index in [1.165, 1.54) is 13.0 Å². The summed E-state index contributed by atoms with van der Waals surface area (Å²) in [4.78, 5) is 24.6. The Morgan fingerprint density at radius 3 is 2.36 bits per heavy atom. The number of carbonyl (C=O) groups excluding carboxylic acids is 2. The Morgan fingerprint density at radius 1 is 0.972 bits per heavy atom. The molecule has 4 rings (SSSR count). The number of anilines is 1. The predicted octanol–water partition coefficient (Wildman–Crippen LogP) is 7.69. The molecule has 4 aromatic carbocycles. The molecule has 0 aliphatic carbocycles. The zero-order chi connectivity index (χ0) is 25.7. The summed E-state index contributed by atoms with van der Waals surface area (Å²) in [6, 6.07) is 26.4. The number of nitrogens with zero attached hydrogens (tertiary/aromatic N) is 1. The van der Waals surface area contributed by atoms with Crippen LogP contribution in [0.2, 0.25) is 0 Å². The topological polar surface area (TPSA) is 79.2 Å². The lowest BCUT2D eigenvalue weighted by Gasteiger charge is -2.13. The molecule has 178 valence electrons. The van der Waals surface area contributed by atoms with Crippen LogP contribution in [0.25, 0.3) is 16.8 Å². The summed E-state index contributed by atoms with van der Waals surface area (Å²) in [7, 11) is 0. The molecular weight excluding hydrogens is 584 g/mol. The summed E-state index contributed by atoms with van der Waals surface area (Å²) in [5, 5.41) is 14.5. The van der Waals surface area contributed by atoms with Crippen LogP contribution in [0.15, 0.2) is 93.4 Å². The van der Waals surface area contributed by atoms with Crippen molar-refractivity contribution in [2.45, 2.75) is 13.5 Å². The van der Waals surface area contributed by atoms with E-state index in [-0.39, 0.29) is 11.4 Å². The molecule has 4 aromatic rings. The van der Waals surface area contributed by atoms with Crippen molar-refractivity contribution >= 4 is 66.1 Å². The Labute approximate surface area is 225 Å². The second-order valence-corrected chi connectivity index (χ2v) is 9.68. The van der Waals surface area contributed by atoms with Gasteiger partial charge in [0.25, 0.3) is 5.91 Å². The van der Waals surface area contributed by atoms with E-state index in [1.54, 1.807) is 36.4 Å². The second kappa shape index (κ2) is 11.3. The molecule has 5 nitrogen and oxygen atoms in total. The molecule has 0 unspecified atom stereocenters. The molecule has 0 aliphatic rings. The highest BCUT2D eigenvalue weighted by molar-refractivity contribution is 9.11. The lowest BCUT2D eigenvalue weighted by molar-refractivity contribution is -0.112. The van der Waals surface area contributed by atoms with Crippen molar-refractivity contribution in [3.05, 3.63) is 110 Å². The van der Waals surface area contributed by atoms with Crippen LogP contribution in [0.1, 0.15) is 28.4 Å². The van der Waals surface area contributed by atoms with Gasteiger partial charge in [-0.2, -0.15) is 5.26 Å². The van der Waals surface area contributed by atoms with Gasteiger partial charge in [0.15, 0.2) is 5.78 Å². The minimum absolute atomic E-state index is 0.100. The second-order valence-electron chi connectivity index (χ2n) is 7.97. The van der Waals surface area contributed by atoms with Gasteiger partial charge in [-0.3, -0.25) is 9.59 Å². The monoisotopic (exact) mass is 602 g/mol. The quantitative estimate of drug-likeness (QED) is 0.133. The number of nitrogens with one attached hydrogen (secondary N) is 1. The fourth-order valence-corrected chi connectivity index (χ4v) is 5.22. The average molecular weight is 604 g/mol. The van der Waals surface area contributed by atoms with Gasteiger partial charge in [0, 0.05) is 5.56 Å². The normalized spacial score (nSPS) is 11.1. The van der Waals surface area contributed by atoms with Crippen LogP contribution < -0.4 is 10.1 Å². The fourth-order valence-electron chi connectivity index (χ4n) is 3.77. The number of ketones is 1. The number of carbonyl (C=O) groups is 2. The Bertz CT molecular complexity index is 1530. The number of ether oxygens (including phenoxy) is 1. The number of benzene rings is 4. The van der Waals surface area contributed by atoms with Gasteiger partial charge in [-0.25, -0.2) is 0 Å². The standard InChI is InChI=1S/C29H20Br2N2O3/c1-18(34)23-10-4-5-12-27(23)33-29(35)22(16-32)13-19-14-25(30)28(26(31)15-19)36-17-21-9-6-8-20-7-2-3-11-24(20)21/h2-15H,17H2,1H3,(H,33,35)/b22-13-. The number of fused-ring (bicyclic) bond motifs is 1. The van der Waals surface area contributed by atoms with Crippen LogP contribution in [0, 0.1) is 11.3 Å². The molecule has 1 N–H and O–H groups in total. The van der Waals surface area contributed by atoms with E-state index in [2.05, 4.69) is 55.4 Å². The van der Waals surface area contributed by atoms with Crippen molar-refractivity contribution in [2.75, 3.05) is 5.32 Å². The molecule has 0 spiro atoms. The highest BCUT2D eigenvalue weighted by Gasteiger charge is 2.15. The number of hydrogen-bond donors (Lipinski definition) is 1. The molecule has 7 heteroatoms. The van der Waals surface area contributed by atoms with E-state index in [1.807, 2.05) is 30.3 Å². The highest BCUT2D eigenvalue weighted by Crippen LogP contribution is 2.36. The molecule has 0 atom stereocenters. The molecule has 1 amide bonds. The van der Waals surface area contributed by atoms with E-state index in [0.717, 1.165) is 16.3 Å². The summed E-state index contributed by atoms with van der Waals surface area (Å²) < 4.78 is 7.46. The molecule has 0 aliphatic heterocycles. The number of nitriles is 1. The predicted molar refractivity (Wildman–Crippen MR) is 149 cm³/mol. The molecule has 0 aromatic heterocycles. The molecule has 0 saturated heterocycles. The van der Waals surface area contributed by atoms with Crippen LogP contribution in [-0.2, 0) is 11.4 Å². The van der Waals surface area contributed by atoms with Crippen molar-refractivity contribution < 1.29 is 14.3 Å². The number of para-hydroxylation sites is 1. The first-order valence-corrected chi connectivity index (χ1v) is 12.6. The van der Waals surface area contributed by atoms with Crippen molar-refractivity contribution in [3.63, 3.8) is 0 Å². The zero-order valence-electron chi connectivity index (χ0n) is 19.2. The lowest BCUT2D eigenvalue weighted by Crippen LogP contribution is -2.15. The average Bonchev–Trinajstić information content (AvgIpc) is 2.87. The first-order valence-electron chi connectivity index (χ1n) is 11.0. The summed E-state index contributed by atoms with van der Waals surface area (Å²) in [5.74, 6) is -0.173. The number of amides is 1. The summed E-state index contributed by atoms with van der Waals surface area (Å²) in [5.41, 5.74) is 2.32. The van der Waals surface area contributed by atoms with Crippen molar-refractivity contribution in [1.29, 1.82) is 5.26 Å². The van der Waals surface area contributed by atoms with Crippen LogP contribution in [0.5, 0.6) is 5.75 Å². The van der Waals surface area contributed by atoms with Crippen molar-refractivity contribution in [1.82, 2.24) is 0 Å². The maximum Gasteiger partial charge on any atom is 0.266 e. The van der Waals surface area contributed by atoms with Crippen molar-refractivity contribution in [2.24, 2.45) is 0 Å². The molecule has 0 fully saturated rings. The third kappa shape index (κ3) is 5.73. The van der Waals surface area contributed by atoms with Crippen LogP contribution in [-0.4, -0.2) is 11.7 Å².